The van der Waals surface area contributed by atoms with E-state index in [0.29, 0.717) is 12.1 Å². The van der Waals surface area contributed by atoms with E-state index < -0.39 is 13.5 Å². The van der Waals surface area contributed by atoms with Crippen LogP contribution in [0, 0.1) is 6.67 Å². The van der Waals surface area contributed by atoms with Crippen molar-refractivity contribution in [1.82, 2.24) is 14.8 Å². The van der Waals surface area contributed by atoms with Crippen LogP contribution in [-0.4, -0.2) is 45.6 Å². The van der Waals surface area contributed by atoms with Crippen molar-refractivity contribution in [2.24, 2.45) is 0 Å². The van der Waals surface area contributed by atoms with E-state index in [1.54, 1.807) is 12.4 Å². The van der Waals surface area contributed by atoms with Gasteiger partial charge in [0.2, 0.25) is 0 Å². The normalized spacial score (nSPS) is 22.6. The van der Waals surface area contributed by atoms with Gasteiger partial charge in [0.25, 0.3) is 0 Å². The molecule has 2 atom stereocenters. The number of rotatable bonds is 0. The predicted octanol–water partition coefficient (Wildman–Crippen LogP) is 4.34. The van der Waals surface area contributed by atoms with Crippen molar-refractivity contribution in [1.29, 1.82) is 0 Å². The second kappa shape index (κ2) is 12.1. The zero-order valence-corrected chi connectivity index (χ0v) is 17.8. The Hall–Kier alpha value is 0.623. The summed E-state index contributed by atoms with van der Waals surface area (Å²) >= 11 is 1.89. The molecule has 2 rings (SSSR count). The van der Waals surface area contributed by atoms with Gasteiger partial charge in [-0.25, -0.2) is 6.67 Å². The van der Waals surface area contributed by atoms with Crippen molar-refractivity contribution in [2.75, 3.05) is 14.1 Å². The number of halogens is 3. The summed E-state index contributed by atoms with van der Waals surface area (Å²) in [6.45, 7) is 8.50. The summed E-state index contributed by atoms with van der Waals surface area (Å²) in [5, 5.41) is 0. The van der Waals surface area contributed by atoms with E-state index in [0.717, 1.165) is 4.47 Å². The molecule has 1 fully saturated rings. The van der Waals surface area contributed by atoms with E-state index in [9.17, 15) is 0 Å². The van der Waals surface area contributed by atoms with E-state index in [1.807, 2.05) is 23.7 Å². The fraction of sp³-hybridized carbons (Fsp3) is 0.500. The van der Waals surface area contributed by atoms with Crippen molar-refractivity contribution in [3.05, 3.63) is 35.7 Å². The van der Waals surface area contributed by atoms with Crippen LogP contribution in [0.15, 0.2) is 29.0 Å². The van der Waals surface area contributed by atoms with Gasteiger partial charge in [0.1, 0.15) is 0 Å². The molecule has 21 heavy (non-hydrogen) atoms. The van der Waals surface area contributed by atoms with Gasteiger partial charge in [-0.15, -0.1) is 0 Å². The average Bonchev–Trinajstić information content (AvgIpc) is 2.67. The minimum absolute atomic E-state index is 0.662. The second-order valence-electron chi connectivity index (χ2n) is 4.51. The van der Waals surface area contributed by atoms with Gasteiger partial charge < -0.3 is 9.80 Å². The Morgan fingerprint density at radius 3 is 1.90 bits per heavy atom. The first kappa shape index (κ1) is 21.6. The van der Waals surface area contributed by atoms with Gasteiger partial charge in [0.15, 0.2) is 0 Å². The molecule has 3 nitrogen and oxygen atoms in total. The number of aromatic nitrogens is 1. The molecule has 2 heterocycles. The van der Waals surface area contributed by atoms with Gasteiger partial charge in [-0.2, -0.15) is 0 Å². The Kier molecular flexibility index (Phi) is 12.5. The molecule has 0 N–H and O–H groups in total. The van der Waals surface area contributed by atoms with Crippen LogP contribution in [0.5, 0.6) is 0 Å². The first-order valence-corrected chi connectivity index (χ1v) is 12.7. The van der Waals surface area contributed by atoms with E-state index >= 15 is 0 Å². The summed E-state index contributed by atoms with van der Waals surface area (Å²) in [6.07, 6.45) is 3.49. The van der Waals surface area contributed by atoms with Gasteiger partial charge in [-0.3, -0.25) is 4.98 Å². The third kappa shape index (κ3) is 10.1. The zero-order valence-electron chi connectivity index (χ0n) is 12.9. The molecule has 1 saturated heterocycles. The number of nitrogens with zero attached hydrogens (tertiary/aromatic N) is 3. The quantitative estimate of drug-likeness (QED) is 0.403. The summed E-state index contributed by atoms with van der Waals surface area (Å²) in [6, 6.07) is 5.14. The number of pyridine rings is 1. The SMILES string of the molecule is Brc1cccnc1.CC1C(C)N(C)[CH-]N1C.C[CH]=[Ru]([Cl])[Cl]. The Morgan fingerprint density at radius 1 is 1.29 bits per heavy atom. The maximum atomic E-state index is 5.32. The molecule has 0 radical (unpaired) electrons. The Labute approximate surface area is 150 Å². The van der Waals surface area contributed by atoms with Gasteiger partial charge in [0.05, 0.1) is 0 Å². The molecule has 1 aromatic heterocycles. The van der Waals surface area contributed by atoms with Crippen molar-refractivity contribution in [3.8, 4) is 0 Å². The molecule has 124 valence electrons. The topological polar surface area (TPSA) is 19.4 Å². The summed E-state index contributed by atoms with van der Waals surface area (Å²) in [5.74, 6) is 0. The fourth-order valence-electron chi connectivity index (χ4n) is 1.52. The molecule has 0 amide bonds. The molecule has 0 aliphatic carbocycles. The van der Waals surface area contributed by atoms with Crippen LogP contribution < -0.4 is 0 Å². The van der Waals surface area contributed by atoms with Crippen LogP contribution in [0.1, 0.15) is 20.8 Å². The number of hydrogen-bond donors (Lipinski definition) is 0. The summed E-state index contributed by atoms with van der Waals surface area (Å²) in [4.78, 5) is 8.32. The van der Waals surface area contributed by atoms with Crippen LogP contribution in [0.4, 0.5) is 0 Å². The van der Waals surface area contributed by atoms with E-state index in [4.69, 9.17) is 19.4 Å². The summed E-state index contributed by atoms with van der Waals surface area (Å²) < 4.78 is 2.86. The van der Waals surface area contributed by atoms with Crippen molar-refractivity contribution in [2.45, 2.75) is 32.9 Å². The molecule has 0 bridgehead atoms. The van der Waals surface area contributed by atoms with Crippen molar-refractivity contribution in [3.63, 3.8) is 0 Å². The molecule has 0 saturated carbocycles. The van der Waals surface area contributed by atoms with Crippen LogP contribution in [0.3, 0.4) is 0 Å². The molecular formula is C14H23BrCl2N3Ru-. The number of likely N-dealkylation sites (N-methyl/N-ethyl adjacent to an activating group) is 2. The van der Waals surface area contributed by atoms with Crippen molar-refractivity contribution < 1.29 is 13.5 Å². The fourth-order valence-corrected chi connectivity index (χ4v) is 1.79. The number of hydrogen-bond acceptors (Lipinski definition) is 3. The molecule has 7 heteroatoms. The monoisotopic (exact) mass is 484 g/mol. The van der Waals surface area contributed by atoms with Gasteiger partial charge in [-0.1, -0.05) is 13.8 Å². The molecule has 0 aromatic carbocycles. The zero-order chi connectivity index (χ0) is 16.4. The first-order valence-electron chi connectivity index (χ1n) is 6.41. The third-order valence-electron chi connectivity index (χ3n) is 3.13. The van der Waals surface area contributed by atoms with E-state index in [1.165, 1.54) is 0 Å². The van der Waals surface area contributed by atoms with Crippen LogP contribution in [-0.2, 0) is 13.5 Å². The van der Waals surface area contributed by atoms with Crippen LogP contribution in [0.25, 0.3) is 0 Å². The van der Waals surface area contributed by atoms with Crippen LogP contribution in [0.2, 0.25) is 0 Å². The predicted molar refractivity (Wildman–Crippen MR) is 94.1 cm³/mol. The Morgan fingerprint density at radius 2 is 1.76 bits per heavy atom. The van der Waals surface area contributed by atoms with Gasteiger partial charge in [-0.05, 0) is 54.2 Å². The Balaban J connectivity index is 0.000000300. The summed E-state index contributed by atoms with van der Waals surface area (Å²) in [7, 11) is 14.9. The molecular weight excluding hydrogens is 462 g/mol. The van der Waals surface area contributed by atoms with E-state index in [-0.39, 0.29) is 0 Å². The van der Waals surface area contributed by atoms with Gasteiger partial charge in [0, 0.05) is 16.9 Å². The van der Waals surface area contributed by atoms with Crippen LogP contribution >= 0.6 is 35.3 Å². The molecule has 1 aliphatic rings. The Bertz CT molecular complexity index is 404. The molecule has 1 aromatic rings. The minimum atomic E-state index is -1.36. The van der Waals surface area contributed by atoms with Crippen molar-refractivity contribution >= 4 is 39.9 Å². The standard InChI is InChI=1S/C7H15N2.C5H4BrN.C2H4.2ClH.Ru/c1-6-7(2)9(4)5-8(6)3;6-5-2-1-3-7-4-5;1-2;;;/h5-7H,1-4H3;1-4H;1H,2H3;2*1H;/q-1;;;;;+2/p-2. The van der Waals surface area contributed by atoms with Gasteiger partial charge >= 0.3 is 44.4 Å². The molecule has 0 spiro atoms. The maximum absolute atomic E-state index is 5.32. The van der Waals surface area contributed by atoms with E-state index in [2.05, 4.69) is 65.3 Å². The third-order valence-corrected chi connectivity index (χ3v) is 6.18. The second-order valence-corrected chi connectivity index (χ2v) is 11.7. The summed E-state index contributed by atoms with van der Waals surface area (Å²) in [5.41, 5.74) is 0. The average molecular weight is 485 g/mol. The molecule has 2 unspecified atom stereocenters. The molecule has 1 aliphatic heterocycles. The first-order chi connectivity index (χ1) is 9.79.